The van der Waals surface area contributed by atoms with E-state index in [2.05, 4.69) is 10.6 Å². The molecule has 0 unspecified atom stereocenters. The van der Waals surface area contributed by atoms with Crippen LogP contribution in [0.2, 0.25) is 0 Å². The molecule has 206 valence electrons. The van der Waals surface area contributed by atoms with Gasteiger partial charge in [-0.2, -0.15) is 0 Å². The van der Waals surface area contributed by atoms with Crippen molar-refractivity contribution in [3.63, 3.8) is 0 Å². The molecule has 40 heavy (non-hydrogen) atoms. The molecule has 1 aliphatic rings. The molecule has 2 amide bonds. The third kappa shape index (κ3) is 6.02. The zero-order chi connectivity index (χ0) is 28.1. The minimum Gasteiger partial charge on any atom is -0.376 e. The Bertz CT molecular complexity index is 1660. The largest absolute Gasteiger partial charge is 0.376 e. The number of amides is 2. The van der Waals surface area contributed by atoms with Crippen molar-refractivity contribution in [3.8, 4) is 0 Å². The van der Waals surface area contributed by atoms with Crippen molar-refractivity contribution in [1.82, 2.24) is 14.5 Å². The van der Waals surface area contributed by atoms with Gasteiger partial charge in [0.15, 0.2) is 0 Å². The van der Waals surface area contributed by atoms with E-state index in [0.717, 1.165) is 21.1 Å². The smallest absolute Gasteiger partial charge is 0.332 e. The van der Waals surface area contributed by atoms with Crippen LogP contribution in [0.4, 0.5) is 10.1 Å². The van der Waals surface area contributed by atoms with Crippen LogP contribution in [0.15, 0.2) is 82.4 Å². The Morgan fingerprint density at radius 3 is 2.50 bits per heavy atom. The van der Waals surface area contributed by atoms with E-state index in [9.17, 15) is 23.6 Å². The second-order valence-electron chi connectivity index (χ2n) is 9.67. The number of fused-ring (bicyclic) bond motifs is 1. The highest BCUT2D eigenvalue weighted by Crippen LogP contribution is 2.16. The molecule has 0 radical (unpaired) electrons. The van der Waals surface area contributed by atoms with Crippen molar-refractivity contribution in [2.75, 3.05) is 18.5 Å². The van der Waals surface area contributed by atoms with Crippen LogP contribution in [0.1, 0.15) is 28.8 Å². The lowest BCUT2D eigenvalue weighted by Crippen LogP contribution is -2.43. The molecule has 0 saturated carbocycles. The van der Waals surface area contributed by atoms with E-state index in [4.69, 9.17) is 4.74 Å². The summed E-state index contributed by atoms with van der Waals surface area (Å²) in [6, 6.07) is 19.8. The number of nitrogens with one attached hydrogen (secondary N) is 2. The van der Waals surface area contributed by atoms with Gasteiger partial charge < -0.3 is 15.4 Å². The molecule has 9 nitrogen and oxygen atoms in total. The summed E-state index contributed by atoms with van der Waals surface area (Å²) in [5.41, 5.74) is 0.173. The predicted octanol–water partition coefficient (Wildman–Crippen LogP) is 3.09. The molecule has 3 aromatic carbocycles. The highest BCUT2D eigenvalue weighted by atomic mass is 19.1. The number of para-hydroxylation sites is 1. The van der Waals surface area contributed by atoms with Crippen molar-refractivity contribution in [1.29, 1.82) is 0 Å². The lowest BCUT2D eigenvalue weighted by Gasteiger charge is -2.17. The SMILES string of the molecule is O=C(Cn1c(=O)n(C[C@@H]2CCCO2)c(=O)c2ccc(C(=O)NCCc3ccccc3)cc21)Nc1ccccc1F. The molecule has 1 aliphatic heterocycles. The van der Waals surface area contributed by atoms with Crippen LogP contribution in [0, 0.1) is 5.82 Å². The Kier molecular flexibility index (Phi) is 8.16. The van der Waals surface area contributed by atoms with Gasteiger partial charge in [0.05, 0.1) is 29.2 Å². The van der Waals surface area contributed by atoms with Crippen molar-refractivity contribution >= 4 is 28.4 Å². The van der Waals surface area contributed by atoms with E-state index in [1.807, 2.05) is 30.3 Å². The van der Waals surface area contributed by atoms with Gasteiger partial charge in [0, 0.05) is 18.7 Å². The van der Waals surface area contributed by atoms with E-state index in [-0.39, 0.29) is 40.7 Å². The lowest BCUT2D eigenvalue weighted by molar-refractivity contribution is -0.116. The summed E-state index contributed by atoms with van der Waals surface area (Å²) < 4.78 is 22.0. The third-order valence-electron chi connectivity index (χ3n) is 6.89. The predicted molar refractivity (Wildman–Crippen MR) is 149 cm³/mol. The molecule has 0 aliphatic carbocycles. The zero-order valence-corrected chi connectivity index (χ0v) is 21.8. The lowest BCUT2D eigenvalue weighted by atomic mass is 10.1. The first-order valence-electron chi connectivity index (χ1n) is 13.2. The van der Waals surface area contributed by atoms with E-state index in [1.165, 1.54) is 36.4 Å². The second-order valence-corrected chi connectivity index (χ2v) is 9.67. The third-order valence-corrected chi connectivity index (χ3v) is 6.89. The zero-order valence-electron chi connectivity index (χ0n) is 21.8. The molecule has 2 N–H and O–H groups in total. The fourth-order valence-electron chi connectivity index (χ4n) is 4.83. The van der Waals surface area contributed by atoms with Gasteiger partial charge in [-0.25, -0.2) is 9.18 Å². The van der Waals surface area contributed by atoms with Crippen molar-refractivity contribution in [2.24, 2.45) is 0 Å². The van der Waals surface area contributed by atoms with Crippen LogP contribution in [-0.2, 0) is 29.0 Å². The number of ether oxygens (including phenoxy) is 1. The average molecular weight is 545 g/mol. The molecule has 1 saturated heterocycles. The van der Waals surface area contributed by atoms with Gasteiger partial charge >= 0.3 is 5.69 Å². The number of aromatic nitrogens is 2. The number of benzene rings is 3. The number of halogens is 1. The van der Waals surface area contributed by atoms with Crippen LogP contribution < -0.4 is 21.9 Å². The van der Waals surface area contributed by atoms with E-state index >= 15 is 0 Å². The molecule has 1 aromatic heterocycles. The highest BCUT2D eigenvalue weighted by molar-refractivity contribution is 5.98. The minimum absolute atomic E-state index is 0.0315. The Labute approximate surface area is 229 Å². The summed E-state index contributed by atoms with van der Waals surface area (Å²) in [4.78, 5) is 52.8. The number of rotatable bonds is 9. The van der Waals surface area contributed by atoms with Gasteiger partial charge in [-0.05, 0) is 55.2 Å². The number of carbonyl (C=O) groups excluding carboxylic acids is 2. The van der Waals surface area contributed by atoms with Crippen LogP contribution in [0.5, 0.6) is 0 Å². The number of hydrogen-bond donors (Lipinski definition) is 2. The monoisotopic (exact) mass is 544 g/mol. The fraction of sp³-hybridized carbons (Fsp3) is 0.267. The first-order valence-corrected chi connectivity index (χ1v) is 13.2. The van der Waals surface area contributed by atoms with Gasteiger partial charge in [-0.1, -0.05) is 42.5 Å². The summed E-state index contributed by atoms with van der Waals surface area (Å²) in [5, 5.41) is 5.50. The Balaban J connectivity index is 1.47. The average Bonchev–Trinajstić information content (AvgIpc) is 3.48. The normalized spacial score (nSPS) is 14.8. The number of carbonyl (C=O) groups is 2. The molecule has 10 heteroatoms. The summed E-state index contributed by atoms with van der Waals surface area (Å²) in [6.07, 6.45) is 1.88. The van der Waals surface area contributed by atoms with Gasteiger partial charge in [0.25, 0.3) is 11.5 Å². The minimum atomic E-state index is -0.710. The molecular weight excluding hydrogens is 515 g/mol. The first kappa shape index (κ1) is 27.0. The number of nitrogens with zero attached hydrogens (tertiary/aromatic N) is 2. The van der Waals surface area contributed by atoms with E-state index in [1.54, 1.807) is 6.07 Å². The molecule has 4 aromatic rings. The first-order chi connectivity index (χ1) is 19.4. The Morgan fingerprint density at radius 1 is 0.975 bits per heavy atom. The van der Waals surface area contributed by atoms with E-state index < -0.39 is 29.5 Å². The van der Waals surface area contributed by atoms with Crippen LogP contribution in [0.3, 0.4) is 0 Å². The maximum Gasteiger partial charge on any atom is 0.332 e. The van der Waals surface area contributed by atoms with Gasteiger partial charge in [0.2, 0.25) is 5.91 Å². The maximum atomic E-state index is 14.1. The maximum absolute atomic E-state index is 14.1. The molecule has 5 rings (SSSR count). The second kappa shape index (κ2) is 12.1. The summed E-state index contributed by atoms with van der Waals surface area (Å²) >= 11 is 0. The molecule has 1 atom stereocenters. The molecule has 2 heterocycles. The Morgan fingerprint density at radius 2 is 1.75 bits per heavy atom. The topological polar surface area (TPSA) is 111 Å². The molecule has 0 spiro atoms. The quantitative estimate of drug-likeness (QED) is 0.337. The molecular formula is C30H29FN4O5. The van der Waals surface area contributed by atoms with Crippen molar-refractivity contribution in [2.45, 2.75) is 38.5 Å². The van der Waals surface area contributed by atoms with Gasteiger partial charge in [-0.15, -0.1) is 0 Å². The number of hydrogen-bond acceptors (Lipinski definition) is 5. The standard InChI is InChI=1S/C30H29FN4O5/c31-24-10-4-5-11-25(24)33-27(36)19-34-26-17-21(28(37)32-15-14-20-7-2-1-3-8-20)12-13-23(26)29(38)35(30(34)39)18-22-9-6-16-40-22/h1-5,7-8,10-13,17,22H,6,9,14-16,18-19H2,(H,32,37)(H,33,36)/t22-/m0/s1. The summed E-state index contributed by atoms with van der Waals surface area (Å²) in [6.45, 7) is 0.496. The van der Waals surface area contributed by atoms with Gasteiger partial charge in [-0.3, -0.25) is 23.5 Å². The van der Waals surface area contributed by atoms with Crippen LogP contribution in [0.25, 0.3) is 10.9 Å². The van der Waals surface area contributed by atoms with Crippen LogP contribution in [-0.4, -0.2) is 40.2 Å². The van der Waals surface area contributed by atoms with Gasteiger partial charge in [0.1, 0.15) is 12.4 Å². The summed E-state index contributed by atoms with van der Waals surface area (Å²) in [5.74, 6) is -1.66. The molecule has 0 bridgehead atoms. The number of anilines is 1. The van der Waals surface area contributed by atoms with E-state index in [0.29, 0.717) is 26.0 Å². The highest BCUT2D eigenvalue weighted by Gasteiger charge is 2.22. The van der Waals surface area contributed by atoms with Crippen molar-refractivity contribution < 1.29 is 18.7 Å². The van der Waals surface area contributed by atoms with Crippen LogP contribution >= 0.6 is 0 Å². The Hall–Kier alpha value is -4.57. The summed E-state index contributed by atoms with van der Waals surface area (Å²) in [7, 11) is 0. The molecule has 1 fully saturated rings. The fourth-order valence-corrected chi connectivity index (χ4v) is 4.83. The van der Waals surface area contributed by atoms with Crippen molar-refractivity contribution in [3.05, 3.63) is 111 Å².